The minimum atomic E-state index is -4.51. The van der Waals surface area contributed by atoms with E-state index in [0.717, 1.165) is 6.07 Å². The fourth-order valence-corrected chi connectivity index (χ4v) is 2.27. The Bertz CT molecular complexity index is 504. The molecule has 1 aromatic rings. The van der Waals surface area contributed by atoms with Crippen LogP contribution in [0.25, 0.3) is 0 Å². The molecule has 0 amide bonds. The maximum absolute atomic E-state index is 12.9. The van der Waals surface area contributed by atoms with Crippen LogP contribution in [0.5, 0.6) is 5.75 Å². The Kier molecular flexibility index (Phi) is 3.20. The fourth-order valence-electron chi connectivity index (χ4n) is 2.27. The number of ether oxygens (including phenoxy) is 1. The van der Waals surface area contributed by atoms with Gasteiger partial charge in [0, 0.05) is 5.41 Å². The zero-order valence-electron chi connectivity index (χ0n) is 10.3. The average molecular weight is 274 g/mol. The molecule has 0 heterocycles. The number of carbonyl (C=O) groups is 1. The van der Waals surface area contributed by atoms with E-state index in [1.807, 2.05) is 0 Å². The lowest BCUT2D eigenvalue weighted by Gasteiger charge is -2.18. The van der Waals surface area contributed by atoms with Crippen LogP contribution >= 0.6 is 0 Å². The Hall–Kier alpha value is -1.72. The Morgan fingerprint density at radius 2 is 2.05 bits per heavy atom. The van der Waals surface area contributed by atoms with Gasteiger partial charge in [-0.1, -0.05) is 6.07 Å². The molecule has 0 aliphatic heterocycles. The summed E-state index contributed by atoms with van der Waals surface area (Å²) < 4.78 is 43.4. The molecule has 1 saturated carbocycles. The molecule has 19 heavy (non-hydrogen) atoms. The van der Waals surface area contributed by atoms with Gasteiger partial charge < -0.3 is 9.84 Å². The highest BCUT2D eigenvalue weighted by molar-refractivity contribution is 5.70. The zero-order chi connectivity index (χ0) is 14.3. The van der Waals surface area contributed by atoms with Gasteiger partial charge in [0.05, 0.1) is 19.1 Å². The van der Waals surface area contributed by atoms with Crippen molar-refractivity contribution in [3.05, 3.63) is 29.3 Å². The summed E-state index contributed by atoms with van der Waals surface area (Å²) in [6, 6.07) is 3.78. The van der Waals surface area contributed by atoms with E-state index >= 15 is 0 Å². The molecule has 1 N–H and O–H groups in total. The van der Waals surface area contributed by atoms with E-state index in [0.29, 0.717) is 18.4 Å². The van der Waals surface area contributed by atoms with Crippen LogP contribution in [0.15, 0.2) is 18.2 Å². The molecule has 1 aromatic carbocycles. The highest BCUT2D eigenvalue weighted by atomic mass is 19.4. The van der Waals surface area contributed by atoms with Gasteiger partial charge in [0.15, 0.2) is 0 Å². The van der Waals surface area contributed by atoms with Crippen LogP contribution in [0.3, 0.4) is 0 Å². The Balaban J connectivity index is 2.42. The van der Waals surface area contributed by atoms with Gasteiger partial charge in [-0.25, -0.2) is 0 Å². The van der Waals surface area contributed by atoms with E-state index < -0.39 is 23.1 Å². The third kappa shape index (κ3) is 2.67. The monoisotopic (exact) mass is 274 g/mol. The molecule has 6 heteroatoms. The first-order valence-corrected chi connectivity index (χ1v) is 5.76. The Labute approximate surface area is 108 Å². The van der Waals surface area contributed by atoms with Gasteiger partial charge in [-0.05, 0) is 30.5 Å². The summed E-state index contributed by atoms with van der Waals surface area (Å²) in [6.07, 6.45) is -3.46. The third-order valence-electron chi connectivity index (χ3n) is 3.46. The molecule has 1 aliphatic rings. The van der Waals surface area contributed by atoms with Crippen LogP contribution in [0.2, 0.25) is 0 Å². The Morgan fingerprint density at radius 1 is 1.42 bits per heavy atom. The predicted molar refractivity (Wildman–Crippen MR) is 61.2 cm³/mol. The van der Waals surface area contributed by atoms with Crippen molar-refractivity contribution < 1.29 is 27.8 Å². The second kappa shape index (κ2) is 4.43. The molecule has 0 radical (unpaired) electrons. The number of hydrogen-bond acceptors (Lipinski definition) is 2. The number of hydrogen-bond donors (Lipinski definition) is 1. The third-order valence-corrected chi connectivity index (χ3v) is 3.46. The van der Waals surface area contributed by atoms with E-state index in [1.165, 1.54) is 19.2 Å². The van der Waals surface area contributed by atoms with Crippen LogP contribution in [-0.2, 0) is 16.4 Å². The number of methoxy groups -OCH3 is 1. The normalized spacial score (nSPS) is 17.1. The van der Waals surface area contributed by atoms with Crippen molar-refractivity contribution >= 4 is 5.97 Å². The van der Waals surface area contributed by atoms with Crippen LogP contribution in [-0.4, -0.2) is 18.2 Å². The lowest BCUT2D eigenvalue weighted by Crippen LogP contribution is -2.15. The quantitative estimate of drug-likeness (QED) is 0.917. The van der Waals surface area contributed by atoms with Crippen LogP contribution in [0.1, 0.15) is 30.4 Å². The van der Waals surface area contributed by atoms with Crippen molar-refractivity contribution in [3.8, 4) is 5.75 Å². The van der Waals surface area contributed by atoms with Gasteiger partial charge in [0.1, 0.15) is 5.75 Å². The first-order valence-electron chi connectivity index (χ1n) is 5.76. The highest BCUT2D eigenvalue weighted by Crippen LogP contribution is 2.52. The van der Waals surface area contributed by atoms with Gasteiger partial charge in [0.2, 0.25) is 0 Å². The number of carboxylic acids is 1. The van der Waals surface area contributed by atoms with Crippen molar-refractivity contribution in [2.75, 3.05) is 7.11 Å². The van der Waals surface area contributed by atoms with Gasteiger partial charge in [-0.3, -0.25) is 4.79 Å². The van der Waals surface area contributed by atoms with Crippen LogP contribution in [0.4, 0.5) is 13.2 Å². The van der Waals surface area contributed by atoms with E-state index in [9.17, 15) is 18.0 Å². The molecule has 0 aromatic heterocycles. The summed E-state index contributed by atoms with van der Waals surface area (Å²) >= 11 is 0. The lowest BCUT2D eigenvalue weighted by molar-refractivity contribution is -0.139. The summed E-state index contributed by atoms with van der Waals surface area (Å²) in [6.45, 7) is 0. The number of halogens is 3. The van der Waals surface area contributed by atoms with E-state index in [-0.39, 0.29) is 12.2 Å². The summed E-state index contributed by atoms with van der Waals surface area (Å²) in [4.78, 5) is 10.8. The summed E-state index contributed by atoms with van der Waals surface area (Å²) in [5.41, 5.74) is -1.08. The molecule has 0 bridgehead atoms. The summed E-state index contributed by atoms with van der Waals surface area (Å²) in [5, 5.41) is 8.83. The minimum absolute atomic E-state index is 0.142. The lowest BCUT2D eigenvalue weighted by atomic mass is 9.91. The topological polar surface area (TPSA) is 46.5 Å². The van der Waals surface area contributed by atoms with Crippen molar-refractivity contribution in [2.24, 2.45) is 0 Å². The first kappa shape index (κ1) is 13.7. The molecule has 0 unspecified atom stereocenters. The number of alkyl halides is 3. The van der Waals surface area contributed by atoms with E-state index in [4.69, 9.17) is 9.84 Å². The SMILES string of the molecule is COc1ccc(C2(CC(=O)O)CC2)cc1C(F)(F)F. The number of aliphatic carboxylic acids is 1. The van der Waals surface area contributed by atoms with E-state index in [2.05, 4.69) is 0 Å². The Morgan fingerprint density at radius 3 is 2.47 bits per heavy atom. The standard InChI is InChI=1S/C13H13F3O3/c1-19-10-3-2-8(6-9(10)13(14,15)16)12(4-5-12)7-11(17)18/h2-3,6H,4-5,7H2,1H3,(H,17,18). The van der Waals surface area contributed by atoms with Gasteiger partial charge >= 0.3 is 12.1 Å². The largest absolute Gasteiger partial charge is 0.496 e. The van der Waals surface area contributed by atoms with Gasteiger partial charge in [-0.15, -0.1) is 0 Å². The minimum Gasteiger partial charge on any atom is -0.496 e. The predicted octanol–water partition coefficient (Wildman–Crippen LogP) is 3.22. The molecule has 1 aliphatic carbocycles. The number of rotatable bonds is 4. The van der Waals surface area contributed by atoms with Gasteiger partial charge in [-0.2, -0.15) is 13.2 Å². The average Bonchev–Trinajstić information content (AvgIpc) is 3.07. The van der Waals surface area contributed by atoms with Crippen molar-refractivity contribution in [3.63, 3.8) is 0 Å². The number of benzene rings is 1. The molecule has 104 valence electrons. The first-order chi connectivity index (χ1) is 8.78. The van der Waals surface area contributed by atoms with Crippen molar-refractivity contribution in [1.82, 2.24) is 0 Å². The van der Waals surface area contributed by atoms with Crippen LogP contribution in [0, 0.1) is 0 Å². The molecular weight excluding hydrogens is 261 g/mol. The summed E-state index contributed by atoms with van der Waals surface area (Å²) in [7, 11) is 1.17. The molecule has 2 rings (SSSR count). The smallest absolute Gasteiger partial charge is 0.419 e. The fraction of sp³-hybridized carbons (Fsp3) is 0.462. The zero-order valence-corrected chi connectivity index (χ0v) is 10.3. The van der Waals surface area contributed by atoms with E-state index in [1.54, 1.807) is 0 Å². The number of carboxylic acid groups (broad SMARTS) is 1. The van der Waals surface area contributed by atoms with Gasteiger partial charge in [0.25, 0.3) is 0 Å². The maximum atomic E-state index is 12.9. The van der Waals surface area contributed by atoms with Crippen LogP contribution < -0.4 is 4.74 Å². The highest BCUT2D eigenvalue weighted by Gasteiger charge is 2.47. The van der Waals surface area contributed by atoms with Crippen molar-refractivity contribution in [1.29, 1.82) is 0 Å². The molecule has 0 atom stereocenters. The van der Waals surface area contributed by atoms with Crippen molar-refractivity contribution in [2.45, 2.75) is 30.9 Å². The summed E-state index contributed by atoms with van der Waals surface area (Å²) in [5.74, 6) is -1.25. The molecule has 3 nitrogen and oxygen atoms in total. The maximum Gasteiger partial charge on any atom is 0.419 e. The molecule has 0 spiro atoms. The molecular formula is C13H13F3O3. The second-order valence-electron chi connectivity index (χ2n) is 4.76. The second-order valence-corrected chi connectivity index (χ2v) is 4.76. The molecule has 1 fully saturated rings. The molecule has 0 saturated heterocycles.